The van der Waals surface area contributed by atoms with E-state index < -0.39 is 11.6 Å². The van der Waals surface area contributed by atoms with E-state index in [4.69, 9.17) is 5.26 Å². The molecule has 0 aliphatic carbocycles. The molecule has 2 saturated heterocycles. The second kappa shape index (κ2) is 9.39. The van der Waals surface area contributed by atoms with E-state index in [1.807, 2.05) is 6.07 Å². The molecule has 2 aliphatic rings. The van der Waals surface area contributed by atoms with Gasteiger partial charge in [-0.25, -0.2) is 13.8 Å². The molecule has 1 spiro atoms. The summed E-state index contributed by atoms with van der Waals surface area (Å²) >= 11 is 0. The van der Waals surface area contributed by atoms with E-state index in [2.05, 4.69) is 25.5 Å². The molecule has 2 aliphatic heterocycles. The fraction of sp³-hybridized carbons (Fsp3) is 0.308. The molecule has 2 aromatic heterocycles. The smallest absolute Gasteiger partial charge is 0.255 e. The van der Waals surface area contributed by atoms with E-state index in [0.717, 1.165) is 31.9 Å². The summed E-state index contributed by atoms with van der Waals surface area (Å²) < 4.78 is 28.2. The average molecular weight is 475 g/mol. The molecule has 35 heavy (non-hydrogen) atoms. The number of carbonyl (C=O) groups is 1. The van der Waals surface area contributed by atoms with Crippen molar-refractivity contribution < 1.29 is 13.6 Å². The molecule has 7 nitrogen and oxygen atoms in total. The predicted molar refractivity (Wildman–Crippen MR) is 127 cm³/mol. The molecule has 0 radical (unpaired) electrons. The van der Waals surface area contributed by atoms with Gasteiger partial charge < -0.3 is 15.5 Å². The first-order chi connectivity index (χ1) is 17.0. The average Bonchev–Trinajstić information content (AvgIpc) is 3.51. The number of nitrogens with zero attached hydrogens (tertiary/aromatic N) is 4. The number of benzene rings is 1. The Labute approximate surface area is 201 Å². The van der Waals surface area contributed by atoms with Gasteiger partial charge >= 0.3 is 0 Å². The van der Waals surface area contributed by atoms with Gasteiger partial charge in [-0.15, -0.1) is 0 Å². The van der Waals surface area contributed by atoms with Crippen LogP contribution in [0.3, 0.4) is 0 Å². The Bertz CT molecular complexity index is 1300. The fourth-order valence-corrected chi connectivity index (χ4v) is 5.07. The lowest BCUT2D eigenvalue weighted by Gasteiger charge is -2.28. The molecule has 5 rings (SSSR count). The number of carbonyl (C=O) groups excluding carboxylic acids is 1. The number of nitrogens with one attached hydrogen (secondary N) is 2. The lowest BCUT2D eigenvalue weighted by molar-refractivity contribution is 0.0950. The van der Waals surface area contributed by atoms with E-state index >= 15 is 0 Å². The normalized spacial score (nSPS) is 19.2. The maximum atomic E-state index is 14.1. The van der Waals surface area contributed by atoms with Crippen molar-refractivity contribution in [3.63, 3.8) is 0 Å². The number of pyridine rings is 2. The van der Waals surface area contributed by atoms with Crippen molar-refractivity contribution >= 4 is 11.6 Å². The summed E-state index contributed by atoms with van der Waals surface area (Å²) in [7, 11) is 0. The summed E-state index contributed by atoms with van der Waals surface area (Å²) in [6.45, 7) is 2.47. The van der Waals surface area contributed by atoms with E-state index in [1.165, 1.54) is 18.3 Å². The summed E-state index contributed by atoms with van der Waals surface area (Å²) in [5.41, 5.74) is 2.53. The Morgan fingerprint density at radius 2 is 2.03 bits per heavy atom. The maximum absolute atomic E-state index is 14.1. The molecule has 1 amide bonds. The van der Waals surface area contributed by atoms with Crippen molar-refractivity contribution in [2.24, 2.45) is 0 Å². The van der Waals surface area contributed by atoms with Crippen molar-refractivity contribution in [3.05, 3.63) is 77.4 Å². The van der Waals surface area contributed by atoms with E-state index in [1.54, 1.807) is 24.4 Å². The van der Waals surface area contributed by atoms with Crippen molar-refractivity contribution in [3.8, 4) is 17.2 Å². The number of aromatic nitrogens is 2. The topological polar surface area (TPSA) is 93.9 Å². The van der Waals surface area contributed by atoms with Crippen LogP contribution in [0.1, 0.15) is 41.0 Å². The zero-order valence-electron chi connectivity index (χ0n) is 19.0. The zero-order chi connectivity index (χ0) is 24.4. The number of nitriles is 1. The highest BCUT2D eigenvalue weighted by Gasteiger charge is 2.41. The summed E-state index contributed by atoms with van der Waals surface area (Å²) in [4.78, 5) is 23.9. The van der Waals surface area contributed by atoms with E-state index in [9.17, 15) is 13.6 Å². The quantitative estimate of drug-likeness (QED) is 0.588. The third kappa shape index (κ3) is 4.70. The van der Waals surface area contributed by atoms with Crippen LogP contribution in [-0.4, -0.2) is 41.0 Å². The van der Waals surface area contributed by atoms with Gasteiger partial charge in [0, 0.05) is 42.7 Å². The number of halogens is 2. The lowest BCUT2D eigenvalue weighted by Crippen LogP contribution is -2.42. The molecule has 4 heterocycles. The van der Waals surface area contributed by atoms with Crippen LogP contribution in [0.15, 0.2) is 48.8 Å². The van der Waals surface area contributed by atoms with Crippen molar-refractivity contribution in [2.45, 2.75) is 31.3 Å². The Morgan fingerprint density at radius 3 is 2.77 bits per heavy atom. The molecule has 9 heteroatoms. The largest absolute Gasteiger partial charge is 0.368 e. The molecule has 0 bridgehead atoms. The second-order valence-corrected chi connectivity index (χ2v) is 9.03. The molecule has 1 atom stereocenters. The summed E-state index contributed by atoms with van der Waals surface area (Å²) in [6, 6.07) is 10.3. The van der Waals surface area contributed by atoms with Gasteiger partial charge in [0.25, 0.3) is 5.91 Å². The van der Waals surface area contributed by atoms with Gasteiger partial charge in [-0.1, -0.05) is 6.07 Å². The third-order valence-electron chi connectivity index (χ3n) is 6.69. The highest BCUT2D eigenvalue weighted by Crippen LogP contribution is 2.40. The lowest BCUT2D eigenvalue weighted by atomic mass is 9.96. The first-order valence-electron chi connectivity index (χ1n) is 11.6. The van der Waals surface area contributed by atoms with Crippen LogP contribution < -0.4 is 15.5 Å². The highest BCUT2D eigenvalue weighted by molar-refractivity contribution is 6.03. The van der Waals surface area contributed by atoms with Gasteiger partial charge in [0.1, 0.15) is 23.4 Å². The Hall–Kier alpha value is -3.90. The Morgan fingerprint density at radius 1 is 1.20 bits per heavy atom. The van der Waals surface area contributed by atoms with Gasteiger partial charge in [-0.2, -0.15) is 5.26 Å². The molecule has 1 unspecified atom stereocenters. The zero-order valence-corrected chi connectivity index (χ0v) is 19.0. The third-order valence-corrected chi connectivity index (χ3v) is 6.69. The molecule has 1 aromatic carbocycles. The first-order valence-corrected chi connectivity index (χ1v) is 11.6. The van der Waals surface area contributed by atoms with Gasteiger partial charge in [-0.3, -0.25) is 9.78 Å². The van der Waals surface area contributed by atoms with Gasteiger partial charge in [0.05, 0.1) is 23.5 Å². The predicted octanol–water partition coefficient (Wildman–Crippen LogP) is 3.56. The highest BCUT2D eigenvalue weighted by atomic mass is 19.1. The number of rotatable bonds is 5. The van der Waals surface area contributed by atoms with Crippen LogP contribution in [0.4, 0.5) is 14.5 Å². The van der Waals surface area contributed by atoms with Gasteiger partial charge in [-0.05, 0) is 55.6 Å². The number of anilines is 1. The number of hydrogen-bond donors (Lipinski definition) is 2. The molecule has 178 valence electrons. The first kappa shape index (κ1) is 22.9. The molecule has 2 N–H and O–H groups in total. The van der Waals surface area contributed by atoms with Crippen LogP contribution in [0.25, 0.3) is 11.1 Å². The maximum Gasteiger partial charge on any atom is 0.255 e. The molecular weight excluding hydrogens is 450 g/mol. The van der Waals surface area contributed by atoms with Crippen molar-refractivity contribution in [1.82, 2.24) is 20.6 Å². The van der Waals surface area contributed by atoms with Crippen LogP contribution in [0, 0.1) is 23.0 Å². The number of hydrogen-bond acceptors (Lipinski definition) is 6. The summed E-state index contributed by atoms with van der Waals surface area (Å²) in [5, 5.41) is 15.5. The summed E-state index contributed by atoms with van der Waals surface area (Å²) in [6.07, 6.45) is 6.08. The molecule has 2 fully saturated rings. The standard InChI is InChI=1S/C26H24F2N6O/c27-18-9-17(10-19(28)11-18)22-14-30-15-23(24(22)34-8-6-26(16-34)5-2-7-32-26)25(35)31-13-21-4-1-3-20(12-29)33-21/h1,3-4,9-11,14-15,32H,2,5-8,13,16H2,(H,31,35). The summed E-state index contributed by atoms with van der Waals surface area (Å²) in [5.74, 6) is -1.77. The van der Waals surface area contributed by atoms with Crippen LogP contribution >= 0.6 is 0 Å². The molecule has 3 aromatic rings. The SMILES string of the molecule is N#Cc1cccc(CNC(=O)c2cncc(-c3cc(F)cc(F)c3)c2N2CCC3(CCCN3)C2)n1. The van der Waals surface area contributed by atoms with Crippen LogP contribution in [0.2, 0.25) is 0 Å². The van der Waals surface area contributed by atoms with Crippen molar-refractivity contribution in [2.75, 3.05) is 24.5 Å². The van der Waals surface area contributed by atoms with E-state index in [-0.39, 0.29) is 23.7 Å². The monoisotopic (exact) mass is 474 g/mol. The molecule has 0 saturated carbocycles. The number of amides is 1. The van der Waals surface area contributed by atoms with Gasteiger partial charge in [0.2, 0.25) is 0 Å². The van der Waals surface area contributed by atoms with E-state index in [0.29, 0.717) is 41.2 Å². The molecular formula is C26H24F2N6O. The van der Waals surface area contributed by atoms with Gasteiger partial charge in [0.15, 0.2) is 0 Å². The Kier molecular flexibility index (Phi) is 6.14. The minimum Gasteiger partial charge on any atom is -0.368 e. The van der Waals surface area contributed by atoms with Crippen molar-refractivity contribution in [1.29, 1.82) is 5.26 Å². The second-order valence-electron chi connectivity index (χ2n) is 9.03. The minimum atomic E-state index is -0.695. The van der Waals surface area contributed by atoms with Crippen LogP contribution in [0.5, 0.6) is 0 Å². The fourth-order valence-electron chi connectivity index (χ4n) is 5.07. The Balaban J connectivity index is 1.51. The van der Waals surface area contributed by atoms with Crippen LogP contribution in [-0.2, 0) is 6.54 Å². The minimum absolute atomic E-state index is 0.0247.